The van der Waals surface area contributed by atoms with Crippen LogP contribution in [0.25, 0.3) is 0 Å². The van der Waals surface area contributed by atoms with Gasteiger partial charge in [-0.3, -0.25) is 4.79 Å². The third kappa shape index (κ3) is 4.40. The van der Waals surface area contributed by atoms with Crippen LogP contribution in [0.4, 0.5) is 0 Å². The van der Waals surface area contributed by atoms with Crippen LogP contribution in [0.3, 0.4) is 0 Å². The summed E-state index contributed by atoms with van der Waals surface area (Å²) in [6.45, 7) is 0.578. The van der Waals surface area contributed by atoms with Crippen LogP contribution >= 0.6 is 11.8 Å². The van der Waals surface area contributed by atoms with Gasteiger partial charge in [0.15, 0.2) is 0 Å². The zero-order valence-electron chi connectivity index (χ0n) is 9.82. The van der Waals surface area contributed by atoms with E-state index in [0.29, 0.717) is 19.0 Å². The molecular formula is C13H18N2OS. The number of nitrogens with two attached hydrogens (primary N) is 1. The lowest BCUT2D eigenvalue weighted by molar-refractivity contribution is -0.120. The number of rotatable bonds is 6. The summed E-state index contributed by atoms with van der Waals surface area (Å²) in [5.41, 5.74) is 6.67. The van der Waals surface area contributed by atoms with Gasteiger partial charge in [-0.1, -0.05) is 12.1 Å². The number of carbonyl (C=O) groups excluding carboxylic acids is 1. The van der Waals surface area contributed by atoms with Crippen molar-refractivity contribution >= 4 is 17.7 Å². The van der Waals surface area contributed by atoms with Gasteiger partial charge < -0.3 is 11.1 Å². The Bertz CT molecular complexity index is 374. The molecule has 92 valence electrons. The van der Waals surface area contributed by atoms with Crippen molar-refractivity contribution < 1.29 is 4.79 Å². The first-order valence-corrected chi connectivity index (χ1v) is 6.97. The Balaban J connectivity index is 1.67. The molecule has 0 saturated heterocycles. The van der Waals surface area contributed by atoms with Gasteiger partial charge in [0.1, 0.15) is 0 Å². The zero-order chi connectivity index (χ0) is 12.1. The second-order valence-corrected chi connectivity index (χ2v) is 5.46. The molecule has 0 atom stereocenters. The molecule has 1 aliphatic rings. The van der Waals surface area contributed by atoms with Crippen LogP contribution in [0.5, 0.6) is 0 Å². The lowest BCUT2D eigenvalue weighted by Gasteiger charge is -2.04. The van der Waals surface area contributed by atoms with E-state index in [4.69, 9.17) is 5.73 Å². The van der Waals surface area contributed by atoms with Crippen molar-refractivity contribution in [2.24, 2.45) is 5.73 Å². The van der Waals surface area contributed by atoms with Crippen LogP contribution in [0, 0.1) is 0 Å². The van der Waals surface area contributed by atoms with Crippen LogP contribution in [0.2, 0.25) is 0 Å². The SMILES string of the molecule is NCc1ccc(SCCC(=O)NC2CC2)cc1. The number of nitrogens with one attached hydrogen (secondary N) is 1. The minimum atomic E-state index is 0.179. The summed E-state index contributed by atoms with van der Waals surface area (Å²) in [7, 11) is 0. The molecule has 0 spiro atoms. The van der Waals surface area contributed by atoms with Crippen LogP contribution in [-0.2, 0) is 11.3 Å². The molecular weight excluding hydrogens is 232 g/mol. The van der Waals surface area contributed by atoms with Crippen molar-refractivity contribution in [2.45, 2.75) is 36.7 Å². The fourth-order valence-electron chi connectivity index (χ4n) is 1.51. The second-order valence-electron chi connectivity index (χ2n) is 4.29. The van der Waals surface area contributed by atoms with Gasteiger partial charge in [0, 0.05) is 29.7 Å². The highest BCUT2D eigenvalue weighted by Gasteiger charge is 2.22. The number of hydrogen-bond acceptors (Lipinski definition) is 3. The van der Waals surface area contributed by atoms with Crippen LogP contribution in [-0.4, -0.2) is 17.7 Å². The normalized spacial score (nSPS) is 14.6. The summed E-state index contributed by atoms with van der Waals surface area (Å²) in [5, 5.41) is 2.99. The molecule has 0 heterocycles. The van der Waals surface area contributed by atoms with Crippen LogP contribution in [0.1, 0.15) is 24.8 Å². The van der Waals surface area contributed by atoms with Crippen molar-refractivity contribution in [1.29, 1.82) is 0 Å². The van der Waals surface area contributed by atoms with Gasteiger partial charge in [-0.05, 0) is 30.5 Å². The Hall–Kier alpha value is -1.00. The van der Waals surface area contributed by atoms with E-state index >= 15 is 0 Å². The number of hydrogen-bond donors (Lipinski definition) is 2. The minimum absolute atomic E-state index is 0.179. The smallest absolute Gasteiger partial charge is 0.221 e. The Labute approximate surface area is 106 Å². The maximum absolute atomic E-state index is 11.4. The molecule has 3 nitrogen and oxygen atoms in total. The van der Waals surface area contributed by atoms with E-state index < -0.39 is 0 Å². The Morgan fingerprint density at radius 2 is 2.06 bits per heavy atom. The lowest BCUT2D eigenvalue weighted by atomic mass is 10.2. The third-order valence-corrected chi connectivity index (χ3v) is 3.71. The van der Waals surface area contributed by atoms with E-state index in [1.807, 2.05) is 12.1 Å². The highest BCUT2D eigenvalue weighted by molar-refractivity contribution is 7.99. The molecule has 3 N–H and O–H groups in total. The molecule has 1 aromatic rings. The first-order chi connectivity index (χ1) is 8.28. The average molecular weight is 250 g/mol. The standard InChI is InChI=1S/C13H18N2OS/c14-9-10-1-5-12(6-2-10)17-8-7-13(16)15-11-3-4-11/h1-2,5-6,11H,3-4,7-9,14H2,(H,15,16). The van der Waals surface area contributed by atoms with Gasteiger partial charge >= 0.3 is 0 Å². The molecule has 0 aromatic heterocycles. The van der Waals surface area contributed by atoms with Gasteiger partial charge in [-0.15, -0.1) is 11.8 Å². The Kier molecular flexibility index (Phi) is 4.45. The molecule has 17 heavy (non-hydrogen) atoms. The summed E-state index contributed by atoms with van der Waals surface area (Å²) < 4.78 is 0. The summed E-state index contributed by atoms with van der Waals surface area (Å²) in [4.78, 5) is 12.6. The van der Waals surface area contributed by atoms with Gasteiger partial charge in [0.05, 0.1) is 0 Å². The van der Waals surface area contributed by atoms with E-state index in [9.17, 15) is 4.79 Å². The van der Waals surface area contributed by atoms with Gasteiger partial charge in [0.2, 0.25) is 5.91 Å². The summed E-state index contributed by atoms with van der Waals surface area (Å²) in [6.07, 6.45) is 2.90. The predicted octanol–water partition coefficient (Wildman–Crippen LogP) is 1.91. The van der Waals surface area contributed by atoms with Crippen LogP contribution < -0.4 is 11.1 Å². The Morgan fingerprint density at radius 1 is 1.35 bits per heavy atom. The largest absolute Gasteiger partial charge is 0.353 e. The maximum atomic E-state index is 11.4. The number of thioether (sulfide) groups is 1. The van der Waals surface area contributed by atoms with Crippen molar-refractivity contribution in [3.63, 3.8) is 0 Å². The molecule has 0 radical (unpaired) electrons. The molecule has 0 bridgehead atoms. The molecule has 1 aliphatic carbocycles. The molecule has 0 aliphatic heterocycles. The van der Waals surface area contributed by atoms with E-state index in [0.717, 1.165) is 24.2 Å². The van der Waals surface area contributed by atoms with Crippen molar-refractivity contribution in [1.82, 2.24) is 5.32 Å². The second kappa shape index (κ2) is 6.07. The minimum Gasteiger partial charge on any atom is -0.353 e. The number of carbonyl (C=O) groups is 1. The summed E-state index contributed by atoms with van der Waals surface area (Å²) >= 11 is 1.71. The topological polar surface area (TPSA) is 55.1 Å². The molecule has 2 rings (SSSR count). The summed E-state index contributed by atoms with van der Waals surface area (Å²) in [6, 6.07) is 8.66. The van der Waals surface area contributed by atoms with Crippen LogP contribution in [0.15, 0.2) is 29.2 Å². The van der Waals surface area contributed by atoms with E-state index in [1.54, 1.807) is 11.8 Å². The van der Waals surface area contributed by atoms with E-state index in [2.05, 4.69) is 17.4 Å². The first kappa shape index (κ1) is 12.5. The Morgan fingerprint density at radius 3 is 2.65 bits per heavy atom. The van der Waals surface area contributed by atoms with Gasteiger partial charge in [0.25, 0.3) is 0 Å². The molecule has 1 aromatic carbocycles. The van der Waals surface area contributed by atoms with E-state index in [1.165, 1.54) is 4.90 Å². The maximum Gasteiger partial charge on any atom is 0.221 e. The fourth-order valence-corrected chi connectivity index (χ4v) is 2.36. The predicted molar refractivity (Wildman–Crippen MR) is 70.8 cm³/mol. The lowest BCUT2D eigenvalue weighted by Crippen LogP contribution is -2.25. The molecule has 0 unspecified atom stereocenters. The highest BCUT2D eigenvalue weighted by Crippen LogP contribution is 2.21. The third-order valence-electron chi connectivity index (χ3n) is 2.70. The molecule has 1 amide bonds. The quantitative estimate of drug-likeness (QED) is 0.758. The van der Waals surface area contributed by atoms with Gasteiger partial charge in [-0.25, -0.2) is 0 Å². The van der Waals surface area contributed by atoms with E-state index in [-0.39, 0.29) is 5.91 Å². The van der Waals surface area contributed by atoms with Crippen molar-refractivity contribution in [3.05, 3.63) is 29.8 Å². The average Bonchev–Trinajstić information content (AvgIpc) is 3.14. The first-order valence-electron chi connectivity index (χ1n) is 5.99. The number of benzene rings is 1. The zero-order valence-corrected chi connectivity index (χ0v) is 10.6. The highest BCUT2D eigenvalue weighted by atomic mass is 32.2. The molecule has 1 fully saturated rings. The summed E-state index contributed by atoms with van der Waals surface area (Å²) in [5.74, 6) is 1.01. The molecule has 1 saturated carbocycles. The fraction of sp³-hybridized carbons (Fsp3) is 0.462. The molecule has 4 heteroatoms. The van der Waals surface area contributed by atoms with Gasteiger partial charge in [-0.2, -0.15) is 0 Å². The van der Waals surface area contributed by atoms with Crippen molar-refractivity contribution in [2.75, 3.05) is 5.75 Å². The monoisotopic (exact) mass is 250 g/mol. The number of amides is 1. The van der Waals surface area contributed by atoms with Crippen molar-refractivity contribution in [3.8, 4) is 0 Å².